The first-order chi connectivity index (χ1) is 31.5. The molecule has 0 fully saturated rings. The summed E-state index contributed by atoms with van der Waals surface area (Å²) >= 11 is 0. The topological polar surface area (TPSA) is 95.9 Å². The van der Waals surface area contributed by atoms with E-state index < -0.39 is 18.2 Å². The first kappa shape index (κ1) is 62.1. The summed E-state index contributed by atoms with van der Waals surface area (Å²) in [7, 11) is 0. The van der Waals surface area contributed by atoms with E-state index >= 15 is 0 Å². The third kappa shape index (κ3) is 46.6. The van der Waals surface area contributed by atoms with Gasteiger partial charge in [0, 0.05) is 6.42 Å². The number of ether oxygens (including phenoxy) is 1. The molecule has 0 bridgehead atoms. The van der Waals surface area contributed by atoms with E-state index in [1.807, 2.05) is 0 Å². The highest BCUT2D eigenvalue weighted by Gasteiger charge is 2.24. The number of carbonyl (C=O) groups is 2. The molecule has 376 valence electrons. The predicted molar refractivity (Wildman–Crippen MR) is 278 cm³/mol. The first-order valence-corrected chi connectivity index (χ1v) is 28.2. The molecule has 0 radical (unpaired) electrons. The Morgan fingerprint density at radius 2 is 0.797 bits per heavy atom. The van der Waals surface area contributed by atoms with Crippen molar-refractivity contribution < 1.29 is 24.5 Å². The van der Waals surface area contributed by atoms with Crippen LogP contribution in [0.15, 0.2) is 36.5 Å². The molecule has 0 saturated carbocycles. The Morgan fingerprint density at radius 1 is 0.453 bits per heavy atom. The lowest BCUT2D eigenvalue weighted by Gasteiger charge is -2.24. The van der Waals surface area contributed by atoms with Crippen molar-refractivity contribution in [3.8, 4) is 0 Å². The SMILES string of the molecule is CCCCCCC/C=C/C=C/C=C/CCCCCCCC(=O)OC(CCCCCCCCCCCCC)CC(=O)NC(CO)C(O)CCCCCCCCCCCCCCCCCC. The van der Waals surface area contributed by atoms with E-state index in [2.05, 4.69) is 62.5 Å². The third-order valence-electron chi connectivity index (χ3n) is 13.0. The lowest BCUT2D eigenvalue weighted by Crippen LogP contribution is -2.46. The van der Waals surface area contributed by atoms with E-state index in [-0.39, 0.29) is 24.9 Å². The molecule has 6 nitrogen and oxygen atoms in total. The zero-order valence-corrected chi connectivity index (χ0v) is 42.9. The maximum atomic E-state index is 13.2. The largest absolute Gasteiger partial charge is 0.462 e. The number of allylic oxidation sites excluding steroid dienone is 6. The van der Waals surface area contributed by atoms with Crippen LogP contribution in [0.1, 0.15) is 297 Å². The van der Waals surface area contributed by atoms with E-state index in [0.717, 1.165) is 64.2 Å². The molecule has 0 heterocycles. The molecule has 0 aliphatic carbocycles. The fraction of sp³-hybridized carbons (Fsp3) is 0.862. The van der Waals surface area contributed by atoms with E-state index in [0.29, 0.717) is 19.3 Å². The normalized spacial score (nSPS) is 13.4. The van der Waals surface area contributed by atoms with Gasteiger partial charge in [-0.3, -0.25) is 9.59 Å². The fourth-order valence-corrected chi connectivity index (χ4v) is 8.73. The number of nitrogens with one attached hydrogen (secondary N) is 1. The molecular formula is C58H109NO5. The smallest absolute Gasteiger partial charge is 0.306 e. The quantitative estimate of drug-likeness (QED) is 0.0321. The van der Waals surface area contributed by atoms with Gasteiger partial charge in [-0.25, -0.2) is 0 Å². The number of esters is 1. The molecule has 0 rings (SSSR count). The molecule has 0 aliphatic rings. The number of hydrogen-bond donors (Lipinski definition) is 3. The lowest BCUT2D eigenvalue weighted by molar-refractivity contribution is -0.151. The maximum absolute atomic E-state index is 13.2. The summed E-state index contributed by atoms with van der Waals surface area (Å²) in [6.07, 6.45) is 62.0. The van der Waals surface area contributed by atoms with Gasteiger partial charge in [0.05, 0.1) is 25.2 Å². The summed E-state index contributed by atoms with van der Waals surface area (Å²) in [6.45, 7) is 6.49. The number of unbranched alkanes of at least 4 members (excludes halogenated alkanes) is 35. The summed E-state index contributed by atoms with van der Waals surface area (Å²) in [6, 6.07) is -0.703. The summed E-state index contributed by atoms with van der Waals surface area (Å²) in [5, 5.41) is 23.8. The Morgan fingerprint density at radius 3 is 1.19 bits per heavy atom. The predicted octanol–water partition coefficient (Wildman–Crippen LogP) is 17.2. The van der Waals surface area contributed by atoms with Gasteiger partial charge in [-0.1, -0.05) is 269 Å². The first-order valence-electron chi connectivity index (χ1n) is 28.2. The molecule has 0 aliphatic heterocycles. The standard InChI is InChI=1S/C58H109NO5/c1-4-7-10-13-16-19-22-24-26-28-29-31-33-36-39-42-45-48-51-58(63)64-54(49-46-43-40-37-34-21-18-15-12-9-6-3)52-57(62)59-55(53-60)56(61)50-47-44-41-38-35-32-30-27-25-23-20-17-14-11-8-5-2/h22,24,26,28-29,31,54-56,60-61H,4-21,23,25,27,30,32-53H2,1-3H3,(H,59,62)/b24-22+,28-26+,31-29+. The molecule has 0 aromatic heterocycles. The van der Waals surface area contributed by atoms with Gasteiger partial charge >= 0.3 is 5.97 Å². The van der Waals surface area contributed by atoms with Gasteiger partial charge in [0.15, 0.2) is 0 Å². The number of amides is 1. The summed E-state index contributed by atoms with van der Waals surface area (Å²) < 4.78 is 5.94. The van der Waals surface area contributed by atoms with Crippen molar-refractivity contribution in [2.75, 3.05) is 6.61 Å². The van der Waals surface area contributed by atoms with Crippen LogP contribution in [0.25, 0.3) is 0 Å². The highest BCUT2D eigenvalue weighted by molar-refractivity contribution is 5.77. The molecule has 3 unspecified atom stereocenters. The number of hydrogen-bond acceptors (Lipinski definition) is 5. The number of rotatable bonds is 51. The van der Waals surface area contributed by atoms with Gasteiger partial charge in [-0.15, -0.1) is 0 Å². The van der Waals surface area contributed by atoms with Gasteiger partial charge in [-0.2, -0.15) is 0 Å². The van der Waals surface area contributed by atoms with Crippen molar-refractivity contribution in [1.82, 2.24) is 5.32 Å². The van der Waals surface area contributed by atoms with Crippen molar-refractivity contribution in [3.63, 3.8) is 0 Å². The Kier molecular flexibility index (Phi) is 50.5. The second-order valence-electron chi connectivity index (χ2n) is 19.4. The number of carbonyl (C=O) groups excluding carboxylic acids is 2. The minimum atomic E-state index is -0.789. The average molecular weight is 901 g/mol. The zero-order valence-electron chi connectivity index (χ0n) is 42.9. The molecule has 0 aromatic rings. The highest BCUT2D eigenvalue weighted by Crippen LogP contribution is 2.18. The van der Waals surface area contributed by atoms with E-state index in [1.165, 1.54) is 186 Å². The van der Waals surface area contributed by atoms with Crippen LogP contribution in [0.2, 0.25) is 0 Å². The Bertz CT molecular complexity index is 1060. The van der Waals surface area contributed by atoms with Crippen molar-refractivity contribution in [3.05, 3.63) is 36.5 Å². The molecule has 1 amide bonds. The molecule has 3 atom stereocenters. The number of aliphatic hydroxyl groups is 2. The second kappa shape index (κ2) is 52.1. The summed E-state index contributed by atoms with van der Waals surface area (Å²) in [5.41, 5.74) is 0. The maximum Gasteiger partial charge on any atom is 0.306 e. The van der Waals surface area contributed by atoms with Gasteiger partial charge < -0.3 is 20.3 Å². The Balaban J connectivity index is 4.49. The molecule has 3 N–H and O–H groups in total. The zero-order chi connectivity index (χ0) is 46.7. The van der Waals surface area contributed by atoms with E-state index in [4.69, 9.17) is 4.74 Å². The van der Waals surface area contributed by atoms with Gasteiger partial charge in [0.25, 0.3) is 0 Å². The Labute approximate surface area is 398 Å². The van der Waals surface area contributed by atoms with Gasteiger partial charge in [0.2, 0.25) is 5.91 Å². The van der Waals surface area contributed by atoms with E-state index in [9.17, 15) is 19.8 Å². The van der Waals surface area contributed by atoms with Crippen LogP contribution in [-0.2, 0) is 14.3 Å². The highest BCUT2D eigenvalue weighted by atomic mass is 16.5. The van der Waals surface area contributed by atoms with Crippen LogP contribution in [0.4, 0.5) is 0 Å². The average Bonchev–Trinajstić information content (AvgIpc) is 3.29. The summed E-state index contributed by atoms with van der Waals surface area (Å²) in [4.78, 5) is 26.2. The van der Waals surface area contributed by atoms with Crippen LogP contribution < -0.4 is 5.32 Å². The van der Waals surface area contributed by atoms with Crippen molar-refractivity contribution in [2.45, 2.75) is 315 Å². The van der Waals surface area contributed by atoms with Crippen LogP contribution in [0.5, 0.6) is 0 Å². The van der Waals surface area contributed by atoms with Crippen LogP contribution in [0, 0.1) is 0 Å². The fourth-order valence-electron chi connectivity index (χ4n) is 8.73. The lowest BCUT2D eigenvalue weighted by atomic mass is 10.0. The second-order valence-corrected chi connectivity index (χ2v) is 19.4. The van der Waals surface area contributed by atoms with Gasteiger partial charge in [0.1, 0.15) is 6.10 Å². The monoisotopic (exact) mass is 900 g/mol. The van der Waals surface area contributed by atoms with Crippen LogP contribution in [0.3, 0.4) is 0 Å². The molecule has 0 aromatic carbocycles. The number of aliphatic hydroxyl groups excluding tert-OH is 2. The van der Waals surface area contributed by atoms with E-state index in [1.54, 1.807) is 0 Å². The molecule has 6 heteroatoms. The molecular weight excluding hydrogens is 791 g/mol. The molecule has 0 spiro atoms. The molecule has 0 saturated heterocycles. The minimum absolute atomic E-state index is 0.0733. The van der Waals surface area contributed by atoms with Crippen molar-refractivity contribution in [2.24, 2.45) is 0 Å². The Hall–Kier alpha value is -1.92. The van der Waals surface area contributed by atoms with Crippen molar-refractivity contribution >= 4 is 11.9 Å². The summed E-state index contributed by atoms with van der Waals surface area (Å²) in [5.74, 6) is -0.483. The minimum Gasteiger partial charge on any atom is -0.462 e. The van der Waals surface area contributed by atoms with Gasteiger partial charge in [-0.05, 0) is 51.4 Å². The van der Waals surface area contributed by atoms with Crippen LogP contribution in [-0.4, -0.2) is 46.9 Å². The third-order valence-corrected chi connectivity index (χ3v) is 13.0. The van der Waals surface area contributed by atoms with Crippen molar-refractivity contribution in [1.29, 1.82) is 0 Å². The van der Waals surface area contributed by atoms with Crippen LogP contribution >= 0.6 is 0 Å². The molecule has 64 heavy (non-hydrogen) atoms.